The Labute approximate surface area is 90.6 Å². The van der Waals surface area contributed by atoms with E-state index in [1.165, 1.54) is 12.8 Å². The fourth-order valence-electron chi connectivity index (χ4n) is 2.97. The van der Waals surface area contributed by atoms with Crippen LogP contribution in [0, 0.1) is 0 Å². The van der Waals surface area contributed by atoms with E-state index in [9.17, 15) is 4.79 Å². The van der Waals surface area contributed by atoms with Crippen molar-refractivity contribution in [3.8, 4) is 0 Å². The predicted octanol–water partition coefficient (Wildman–Crippen LogP) is 0.674. The number of carbonyl (C=O) groups is 1. The average Bonchev–Trinajstić information content (AvgIpc) is 2.41. The van der Waals surface area contributed by atoms with Crippen LogP contribution in [0.15, 0.2) is 0 Å². The van der Waals surface area contributed by atoms with Crippen LogP contribution in [-0.4, -0.2) is 47.2 Å². The molecule has 2 saturated heterocycles. The van der Waals surface area contributed by atoms with Gasteiger partial charge in [-0.3, -0.25) is 4.79 Å². The van der Waals surface area contributed by atoms with Crippen molar-refractivity contribution in [2.75, 3.05) is 7.05 Å². The maximum atomic E-state index is 10.7. The molecule has 0 aromatic carbocycles. The molecule has 0 amide bonds. The molecule has 0 aromatic heterocycles. The maximum Gasteiger partial charge on any atom is 0.320 e. The van der Waals surface area contributed by atoms with E-state index in [1.54, 1.807) is 6.92 Å². The molecule has 3 unspecified atom stereocenters. The number of nitrogens with one attached hydrogen (secondary N) is 1. The Hall–Kier alpha value is -0.610. The minimum Gasteiger partial charge on any atom is -0.480 e. The number of rotatable bonds is 3. The average molecular weight is 212 g/mol. The highest BCUT2D eigenvalue weighted by atomic mass is 16.4. The number of piperidine rings is 1. The van der Waals surface area contributed by atoms with Crippen LogP contribution < -0.4 is 5.32 Å². The molecule has 86 valence electrons. The van der Waals surface area contributed by atoms with Crippen LogP contribution in [0.5, 0.6) is 0 Å². The number of hydrogen-bond acceptors (Lipinski definition) is 3. The molecular formula is C11H20N2O2. The fraction of sp³-hybridized carbons (Fsp3) is 0.909. The van der Waals surface area contributed by atoms with Crippen molar-refractivity contribution >= 4 is 5.97 Å². The van der Waals surface area contributed by atoms with Crippen LogP contribution in [0.4, 0.5) is 0 Å². The van der Waals surface area contributed by atoms with Crippen molar-refractivity contribution in [1.82, 2.24) is 10.2 Å². The monoisotopic (exact) mass is 212 g/mol. The normalized spacial score (nSPS) is 37.9. The second-order valence-electron chi connectivity index (χ2n) is 4.95. The van der Waals surface area contributed by atoms with Crippen molar-refractivity contribution < 1.29 is 9.90 Å². The van der Waals surface area contributed by atoms with Crippen LogP contribution in [-0.2, 0) is 4.79 Å². The summed E-state index contributed by atoms with van der Waals surface area (Å²) in [5.74, 6) is -0.749. The van der Waals surface area contributed by atoms with E-state index in [2.05, 4.69) is 17.3 Å². The number of carboxylic acid groups (broad SMARTS) is 1. The summed E-state index contributed by atoms with van der Waals surface area (Å²) in [7, 11) is 2.19. The van der Waals surface area contributed by atoms with Gasteiger partial charge in [0.15, 0.2) is 0 Å². The molecular weight excluding hydrogens is 192 g/mol. The Morgan fingerprint density at radius 3 is 2.40 bits per heavy atom. The third kappa shape index (κ3) is 2.16. The van der Waals surface area contributed by atoms with Gasteiger partial charge < -0.3 is 15.3 Å². The first kappa shape index (κ1) is 10.9. The molecule has 2 aliphatic heterocycles. The second-order valence-corrected chi connectivity index (χ2v) is 4.95. The van der Waals surface area contributed by atoms with E-state index in [-0.39, 0.29) is 0 Å². The number of hydrogen-bond donors (Lipinski definition) is 2. The minimum atomic E-state index is -0.749. The third-order valence-corrected chi connectivity index (χ3v) is 3.95. The van der Waals surface area contributed by atoms with E-state index < -0.39 is 12.0 Å². The van der Waals surface area contributed by atoms with Gasteiger partial charge in [0, 0.05) is 18.1 Å². The number of aliphatic carboxylic acids is 1. The summed E-state index contributed by atoms with van der Waals surface area (Å²) in [4.78, 5) is 13.2. The first-order valence-electron chi connectivity index (χ1n) is 5.78. The molecule has 3 atom stereocenters. The highest BCUT2D eigenvalue weighted by Crippen LogP contribution is 2.34. The zero-order chi connectivity index (χ0) is 11.0. The highest BCUT2D eigenvalue weighted by molar-refractivity contribution is 5.72. The Morgan fingerprint density at radius 1 is 1.40 bits per heavy atom. The van der Waals surface area contributed by atoms with Gasteiger partial charge in [-0.15, -0.1) is 0 Å². The van der Waals surface area contributed by atoms with Crippen LogP contribution in [0.25, 0.3) is 0 Å². The van der Waals surface area contributed by atoms with Crippen LogP contribution in [0.2, 0.25) is 0 Å². The molecule has 0 aliphatic carbocycles. The second kappa shape index (κ2) is 4.10. The van der Waals surface area contributed by atoms with E-state index in [0.29, 0.717) is 18.1 Å². The molecule has 2 heterocycles. The van der Waals surface area contributed by atoms with Gasteiger partial charge in [0.05, 0.1) is 0 Å². The van der Waals surface area contributed by atoms with E-state index in [1.807, 2.05) is 0 Å². The summed E-state index contributed by atoms with van der Waals surface area (Å²) in [5.41, 5.74) is 0. The molecule has 2 fully saturated rings. The van der Waals surface area contributed by atoms with Crippen LogP contribution in [0.3, 0.4) is 0 Å². The largest absolute Gasteiger partial charge is 0.480 e. The lowest BCUT2D eigenvalue weighted by atomic mass is 9.97. The van der Waals surface area contributed by atoms with Crippen LogP contribution >= 0.6 is 0 Å². The van der Waals surface area contributed by atoms with Gasteiger partial charge in [0.2, 0.25) is 0 Å². The zero-order valence-electron chi connectivity index (χ0n) is 9.44. The van der Waals surface area contributed by atoms with Gasteiger partial charge in [0.25, 0.3) is 0 Å². The molecule has 15 heavy (non-hydrogen) atoms. The molecule has 0 radical (unpaired) electrons. The van der Waals surface area contributed by atoms with E-state index in [0.717, 1.165) is 12.8 Å². The molecule has 2 N–H and O–H groups in total. The summed E-state index contributed by atoms with van der Waals surface area (Å²) >= 11 is 0. The number of carboxylic acids is 1. The third-order valence-electron chi connectivity index (χ3n) is 3.95. The minimum absolute atomic E-state index is 0.393. The lowest BCUT2D eigenvalue weighted by molar-refractivity contribution is -0.139. The highest BCUT2D eigenvalue weighted by Gasteiger charge is 2.38. The quantitative estimate of drug-likeness (QED) is 0.722. The summed E-state index contributed by atoms with van der Waals surface area (Å²) in [5, 5.41) is 12.1. The summed E-state index contributed by atoms with van der Waals surface area (Å²) in [6.45, 7) is 1.72. The Morgan fingerprint density at radius 2 is 1.93 bits per heavy atom. The van der Waals surface area contributed by atoms with Gasteiger partial charge in [-0.25, -0.2) is 0 Å². The maximum absolute atomic E-state index is 10.7. The lowest BCUT2D eigenvalue weighted by Gasteiger charge is -2.37. The van der Waals surface area contributed by atoms with Gasteiger partial charge in [0.1, 0.15) is 6.04 Å². The van der Waals surface area contributed by atoms with Gasteiger partial charge in [-0.2, -0.15) is 0 Å². The van der Waals surface area contributed by atoms with Crippen molar-refractivity contribution in [2.24, 2.45) is 0 Å². The van der Waals surface area contributed by atoms with Crippen LogP contribution in [0.1, 0.15) is 32.6 Å². The molecule has 0 aromatic rings. The number of nitrogens with zero attached hydrogens (tertiary/aromatic N) is 1. The van der Waals surface area contributed by atoms with Crippen molar-refractivity contribution in [1.29, 1.82) is 0 Å². The fourth-order valence-corrected chi connectivity index (χ4v) is 2.97. The van der Waals surface area contributed by atoms with E-state index in [4.69, 9.17) is 5.11 Å². The van der Waals surface area contributed by atoms with Gasteiger partial charge in [-0.1, -0.05) is 0 Å². The molecule has 2 bridgehead atoms. The van der Waals surface area contributed by atoms with Gasteiger partial charge >= 0.3 is 5.97 Å². The molecule has 4 nitrogen and oxygen atoms in total. The summed E-state index contributed by atoms with van der Waals surface area (Å²) in [6.07, 6.45) is 4.76. The van der Waals surface area contributed by atoms with Gasteiger partial charge in [-0.05, 0) is 39.7 Å². The Balaban J connectivity index is 1.89. The SMILES string of the molecule is CC(NC1CC2CCC(C1)N2C)C(=O)O. The zero-order valence-corrected chi connectivity index (χ0v) is 9.44. The summed E-state index contributed by atoms with van der Waals surface area (Å²) < 4.78 is 0. The number of fused-ring (bicyclic) bond motifs is 2. The summed E-state index contributed by atoms with van der Waals surface area (Å²) in [6, 6.07) is 1.31. The molecule has 0 spiro atoms. The van der Waals surface area contributed by atoms with E-state index >= 15 is 0 Å². The topological polar surface area (TPSA) is 52.6 Å². The smallest absolute Gasteiger partial charge is 0.320 e. The van der Waals surface area contributed by atoms with Crippen molar-refractivity contribution in [3.63, 3.8) is 0 Å². The predicted molar refractivity (Wildman–Crippen MR) is 57.8 cm³/mol. The first-order chi connectivity index (χ1) is 7.08. The lowest BCUT2D eigenvalue weighted by Crippen LogP contribution is -2.50. The molecule has 2 aliphatic rings. The van der Waals surface area contributed by atoms with Crippen molar-refractivity contribution in [3.05, 3.63) is 0 Å². The standard InChI is InChI=1S/C11H20N2O2/c1-7(11(14)15)12-8-5-9-3-4-10(6-8)13(9)2/h7-10,12H,3-6H2,1-2H3,(H,14,15). The first-order valence-corrected chi connectivity index (χ1v) is 5.78. The molecule has 0 saturated carbocycles. The molecule has 2 rings (SSSR count). The van der Waals surface area contributed by atoms with Crippen molar-refractivity contribution in [2.45, 2.75) is 56.8 Å². The Kier molecular flexibility index (Phi) is 2.98. The Bertz CT molecular complexity index is 243. The molecule has 4 heteroatoms.